The van der Waals surface area contributed by atoms with Crippen molar-refractivity contribution >= 4 is 5.91 Å². The highest BCUT2D eigenvalue weighted by Crippen LogP contribution is 2.35. The minimum absolute atomic E-state index is 0.106. The molecule has 0 aliphatic carbocycles. The highest BCUT2D eigenvalue weighted by Gasteiger charge is 2.35. The van der Waals surface area contributed by atoms with Gasteiger partial charge in [0, 0.05) is 50.3 Å². The summed E-state index contributed by atoms with van der Waals surface area (Å²) in [5.41, 5.74) is 1.23. The highest BCUT2D eigenvalue weighted by atomic mass is 16.5. The summed E-state index contributed by atoms with van der Waals surface area (Å²) >= 11 is 0. The van der Waals surface area contributed by atoms with Gasteiger partial charge in [0.15, 0.2) is 0 Å². The lowest BCUT2D eigenvalue weighted by molar-refractivity contribution is -0.134. The summed E-state index contributed by atoms with van der Waals surface area (Å²) in [5, 5.41) is 0. The van der Waals surface area contributed by atoms with Crippen molar-refractivity contribution in [2.75, 3.05) is 19.7 Å². The molecule has 5 nitrogen and oxygen atoms in total. The summed E-state index contributed by atoms with van der Waals surface area (Å²) in [6, 6.07) is 5.58. The van der Waals surface area contributed by atoms with Crippen LogP contribution in [0.4, 0.5) is 0 Å². The van der Waals surface area contributed by atoms with E-state index >= 15 is 0 Å². The van der Waals surface area contributed by atoms with Crippen LogP contribution in [0.3, 0.4) is 0 Å². The van der Waals surface area contributed by atoms with Crippen molar-refractivity contribution in [2.45, 2.75) is 102 Å². The largest absolute Gasteiger partial charge is 0.378 e. The van der Waals surface area contributed by atoms with Crippen molar-refractivity contribution in [2.24, 2.45) is 5.92 Å². The number of hydrogen-bond acceptors (Lipinski definition) is 3. The molecule has 3 atom stereocenters. The van der Waals surface area contributed by atoms with E-state index < -0.39 is 0 Å². The second-order valence-electron chi connectivity index (χ2n) is 10.00. The van der Waals surface area contributed by atoms with E-state index in [-0.39, 0.29) is 5.56 Å². The topological polar surface area (TPSA) is 51.5 Å². The monoisotopic (exact) mass is 428 g/mol. The van der Waals surface area contributed by atoms with Crippen LogP contribution in [-0.2, 0) is 16.1 Å². The molecule has 1 amide bonds. The predicted molar refractivity (Wildman–Crippen MR) is 123 cm³/mol. The Labute approximate surface area is 187 Å². The zero-order valence-electron chi connectivity index (χ0n) is 19.1. The fourth-order valence-corrected chi connectivity index (χ4v) is 5.84. The van der Waals surface area contributed by atoms with Gasteiger partial charge in [-0.25, -0.2) is 0 Å². The fraction of sp³-hybridized carbons (Fsp3) is 0.769. The lowest BCUT2D eigenvalue weighted by atomic mass is 9.83. The number of piperidine rings is 1. The third-order valence-corrected chi connectivity index (χ3v) is 7.52. The number of carbonyl (C=O) groups is 1. The third-order valence-electron chi connectivity index (χ3n) is 7.52. The molecule has 4 rings (SSSR count). The minimum Gasteiger partial charge on any atom is -0.378 e. The smallest absolute Gasteiger partial charge is 0.250 e. The number of unbranched alkanes of at least 4 members (excludes halogenated alkanes) is 7. The molecule has 0 N–H and O–H groups in total. The van der Waals surface area contributed by atoms with Gasteiger partial charge in [-0.05, 0) is 44.1 Å². The summed E-state index contributed by atoms with van der Waals surface area (Å²) in [6.07, 6.45) is 16.2. The predicted octanol–water partition coefficient (Wildman–Crippen LogP) is 4.87. The molecule has 0 radical (unpaired) electrons. The molecular weight excluding hydrogens is 388 g/mol. The van der Waals surface area contributed by atoms with Crippen LogP contribution in [-0.4, -0.2) is 41.2 Å². The van der Waals surface area contributed by atoms with Gasteiger partial charge in [0.2, 0.25) is 5.91 Å². The molecule has 3 aliphatic heterocycles. The van der Waals surface area contributed by atoms with Gasteiger partial charge < -0.3 is 14.2 Å². The van der Waals surface area contributed by atoms with Gasteiger partial charge in [-0.3, -0.25) is 9.59 Å². The first-order valence-electron chi connectivity index (χ1n) is 12.8. The number of pyridine rings is 1. The van der Waals surface area contributed by atoms with E-state index in [0.29, 0.717) is 30.3 Å². The van der Waals surface area contributed by atoms with Crippen LogP contribution in [0.5, 0.6) is 0 Å². The Morgan fingerprint density at radius 3 is 2.52 bits per heavy atom. The molecule has 5 heteroatoms. The van der Waals surface area contributed by atoms with Crippen LogP contribution in [0.1, 0.15) is 95.1 Å². The van der Waals surface area contributed by atoms with Crippen LogP contribution >= 0.6 is 0 Å². The van der Waals surface area contributed by atoms with Crippen molar-refractivity contribution in [3.8, 4) is 0 Å². The molecule has 2 bridgehead atoms. The summed E-state index contributed by atoms with van der Waals surface area (Å²) in [7, 11) is 0. The van der Waals surface area contributed by atoms with Crippen LogP contribution < -0.4 is 5.56 Å². The standard InChI is InChI=1S/C26H40N2O3/c29-25(14-8-6-4-2-1-3-5-7-11-23-12-10-16-31-23)27-18-21-17-22(20-27)24-13-9-15-26(30)28(24)19-21/h9,13,15,21-23H,1-8,10-12,14,16-20H2. The molecule has 3 unspecified atom stereocenters. The lowest BCUT2D eigenvalue weighted by Crippen LogP contribution is -2.49. The second kappa shape index (κ2) is 11.3. The number of rotatable bonds is 11. The van der Waals surface area contributed by atoms with Crippen LogP contribution in [0, 0.1) is 5.92 Å². The SMILES string of the molecule is O=C(CCCCCCCCCCC1CCCO1)N1CC2CC(C1)c1cccc(=O)n1C2. The molecule has 0 saturated carbocycles. The number of aromatic nitrogens is 1. The van der Waals surface area contributed by atoms with Crippen LogP contribution in [0.15, 0.2) is 23.0 Å². The molecule has 2 saturated heterocycles. The van der Waals surface area contributed by atoms with Gasteiger partial charge in [-0.15, -0.1) is 0 Å². The molecule has 31 heavy (non-hydrogen) atoms. The second-order valence-corrected chi connectivity index (χ2v) is 10.00. The molecule has 4 heterocycles. The van der Waals surface area contributed by atoms with Crippen molar-refractivity contribution in [3.63, 3.8) is 0 Å². The summed E-state index contributed by atoms with van der Waals surface area (Å²) < 4.78 is 7.62. The lowest BCUT2D eigenvalue weighted by Gasteiger charge is -2.42. The van der Waals surface area contributed by atoms with Crippen molar-refractivity contribution in [3.05, 3.63) is 34.2 Å². The number of nitrogens with zero attached hydrogens (tertiary/aromatic N) is 2. The van der Waals surface area contributed by atoms with E-state index in [4.69, 9.17) is 4.74 Å². The molecule has 2 fully saturated rings. The van der Waals surface area contributed by atoms with Gasteiger partial charge in [0.05, 0.1) is 6.10 Å². The maximum absolute atomic E-state index is 12.8. The normalized spacial score (nSPS) is 24.9. The summed E-state index contributed by atoms with van der Waals surface area (Å²) in [5.74, 6) is 1.07. The van der Waals surface area contributed by atoms with Gasteiger partial charge in [-0.1, -0.05) is 51.0 Å². The van der Waals surface area contributed by atoms with Crippen molar-refractivity contribution in [1.82, 2.24) is 9.47 Å². The van der Waals surface area contributed by atoms with E-state index in [0.717, 1.165) is 44.8 Å². The first-order valence-corrected chi connectivity index (χ1v) is 12.8. The molecule has 3 aliphatic rings. The van der Waals surface area contributed by atoms with E-state index in [1.807, 2.05) is 10.6 Å². The van der Waals surface area contributed by atoms with E-state index in [1.54, 1.807) is 6.07 Å². The number of amides is 1. The first-order chi connectivity index (χ1) is 15.2. The zero-order chi connectivity index (χ0) is 21.5. The van der Waals surface area contributed by atoms with Gasteiger partial charge in [-0.2, -0.15) is 0 Å². The van der Waals surface area contributed by atoms with Gasteiger partial charge >= 0.3 is 0 Å². The number of likely N-dealkylation sites (tertiary alicyclic amines) is 1. The number of ether oxygens (including phenoxy) is 1. The Hall–Kier alpha value is -1.62. The van der Waals surface area contributed by atoms with E-state index in [1.165, 1.54) is 64.2 Å². The Bertz CT molecular complexity index is 768. The highest BCUT2D eigenvalue weighted by molar-refractivity contribution is 5.76. The Morgan fingerprint density at radius 1 is 0.968 bits per heavy atom. The molecule has 1 aromatic rings. The molecule has 1 aromatic heterocycles. The number of carbonyl (C=O) groups excluding carboxylic acids is 1. The fourth-order valence-electron chi connectivity index (χ4n) is 5.84. The minimum atomic E-state index is 0.106. The Morgan fingerprint density at radius 2 is 1.74 bits per heavy atom. The Kier molecular flexibility index (Phi) is 8.23. The number of fused-ring (bicyclic) bond motifs is 4. The first kappa shape index (κ1) is 22.6. The van der Waals surface area contributed by atoms with Gasteiger partial charge in [0.25, 0.3) is 5.56 Å². The average molecular weight is 429 g/mol. The maximum atomic E-state index is 12.8. The molecule has 0 spiro atoms. The molecule has 0 aromatic carbocycles. The summed E-state index contributed by atoms with van der Waals surface area (Å²) in [6.45, 7) is 3.34. The van der Waals surface area contributed by atoms with E-state index in [2.05, 4.69) is 11.0 Å². The number of hydrogen-bond donors (Lipinski definition) is 0. The van der Waals surface area contributed by atoms with Gasteiger partial charge in [0.1, 0.15) is 0 Å². The average Bonchev–Trinajstić information content (AvgIpc) is 3.29. The summed E-state index contributed by atoms with van der Waals surface area (Å²) in [4.78, 5) is 27.0. The maximum Gasteiger partial charge on any atom is 0.250 e. The van der Waals surface area contributed by atoms with E-state index in [9.17, 15) is 9.59 Å². The Balaban J connectivity index is 1.06. The zero-order valence-corrected chi connectivity index (χ0v) is 19.1. The quantitative estimate of drug-likeness (QED) is 0.472. The third kappa shape index (κ3) is 6.21. The molecule has 172 valence electrons. The molecular formula is C26H40N2O3. The van der Waals surface area contributed by atoms with Crippen molar-refractivity contribution in [1.29, 1.82) is 0 Å². The van der Waals surface area contributed by atoms with Crippen LogP contribution in [0.2, 0.25) is 0 Å². The van der Waals surface area contributed by atoms with Crippen LogP contribution in [0.25, 0.3) is 0 Å². The van der Waals surface area contributed by atoms with Crippen molar-refractivity contribution < 1.29 is 9.53 Å².